The van der Waals surface area contributed by atoms with Crippen LogP contribution in [0.5, 0.6) is 0 Å². The Labute approximate surface area is 132 Å². The summed E-state index contributed by atoms with van der Waals surface area (Å²) in [7, 11) is 0.0136. The summed E-state index contributed by atoms with van der Waals surface area (Å²) in [5.41, 5.74) is -0.140. The summed E-state index contributed by atoms with van der Waals surface area (Å²) in [6.07, 6.45) is 0.701. The number of nitrogens with one attached hydrogen (secondary N) is 1. The molecule has 0 aliphatic heterocycles. The van der Waals surface area contributed by atoms with Crippen LogP contribution in [0.15, 0.2) is 29.2 Å². The van der Waals surface area contributed by atoms with Crippen LogP contribution < -0.4 is 4.72 Å². The Hall–Kier alpha value is -0.660. The smallest absolute Gasteiger partial charge is 0.240 e. The highest BCUT2D eigenvalue weighted by molar-refractivity contribution is 7.89. The highest BCUT2D eigenvalue weighted by Crippen LogP contribution is 2.12. The molecular weight excluding hydrogens is 312 g/mol. The minimum absolute atomic E-state index is 0.0447. The molecule has 0 fully saturated rings. The van der Waals surface area contributed by atoms with Crippen LogP contribution in [0.2, 0.25) is 0 Å². The third kappa shape index (κ3) is 6.32. The third-order valence-corrected chi connectivity index (χ3v) is 4.52. The lowest BCUT2D eigenvalue weighted by molar-refractivity contribution is 0.0386. The van der Waals surface area contributed by atoms with E-state index < -0.39 is 15.6 Å². The highest BCUT2D eigenvalue weighted by Gasteiger charge is 2.24. The molecular formula is C14H23ClN2O3S. The summed E-state index contributed by atoms with van der Waals surface area (Å²) in [5, 5.41) is 10.1. The number of aryl methyl sites for hydroxylation is 1. The van der Waals surface area contributed by atoms with Crippen LogP contribution in [0.1, 0.15) is 12.5 Å². The molecule has 0 amide bonds. The average molecular weight is 335 g/mol. The fourth-order valence-corrected chi connectivity index (χ4v) is 3.40. The van der Waals surface area contributed by atoms with Gasteiger partial charge in [-0.1, -0.05) is 12.1 Å². The number of benzene rings is 1. The van der Waals surface area contributed by atoms with Crippen LogP contribution in [0.3, 0.4) is 0 Å². The van der Waals surface area contributed by atoms with E-state index in [-0.39, 0.29) is 11.4 Å². The first kappa shape index (κ1) is 18.4. The third-order valence-electron chi connectivity index (χ3n) is 2.92. The van der Waals surface area contributed by atoms with E-state index in [1.54, 1.807) is 36.1 Å². The molecule has 0 saturated carbocycles. The molecule has 0 radical (unpaired) electrons. The van der Waals surface area contributed by atoms with E-state index in [2.05, 4.69) is 4.72 Å². The van der Waals surface area contributed by atoms with E-state index in [1.165, 1.54) is 0 Å². The largest absolute Gasteiger partial charge is 0.387 e. The summed E-state index contributed by atoms with van der Waals surface area (Å²) in [6, 6.07) is 6.58. The van der Waals surface area contributed by atoms with E-state index in [0.29, 0.717) is 18.8 Å². The Morgan fingerprint density at radius 1 is 1.29 bits per heavy atom. The van der Waals surface area contributed by atoms with Crippen molar-refractivity contribution in [2.75, 3.05) is 33.1 Å². The first-order valence-electron chi connectivity index (χ1n) is 6.68. The molecule has 0 aliphatic rings. The van der Waals surface area contributed by atoms with Gasteiger partial charge in [0, 0.05) is 19.0 Å². The van der Waals surface area contributed by atoms with E-state index in [0.717, 1.165) is 5.56 Å². The van der Waals surface area contributed by atoms with Gasteiger partial charge in [-0.25, -0.2) is 13.1 Å². The number of nitrogens with zero attached hydrogens (tertiary/aromatic N) is 1. The second-order valence-corrected chi connectivity index (χ2v) is 7.79. The van der Waals surface area contributed by atoms with Crippen molar-refractivity contribution in [2.45, 2.75) is 23.8 Å². The van der Waals surface area contributed by atoms with Gasteiger partial charge in [-0.2, -0.15) is 0 Å². The summed E-state index contributed by atoms with van der Waals surface area (Å²) in [6.45, 7) is 1.92. The molecule has 2 N–H and O–H groups in total. The van der Waals surface area contributed by atoms with Crippen LogP contribution in [-0.2, 0) is 16.4 Å². The molecule has 120 valence electrons. The lowest BCUT2D eigenvalue weighted by Crippen LogP contribution is -2.47. The maximum absolute atomic E-state index is 12.2. The van der Waals surface area contributed by atoms with E-state index in [9.17, 15) is 13.5 Å². The summed E-state index contributed by atoms with van der Waals surface area (Å²) in [4.78, 5) is 1.98. The standard InChI is InChI=1S/C14H23ClN2O3S/c1-14(18,11-17(2)3)10-16-21(19,20)13-6-4-12(5-7-13)8-9-15/h4-7,16,18H,8-11H2,1-3H3. The number of aliphatic hydroxyl groups is 1. The van der Waals surface area contributed by atoms with Crippen LogP contribution >= 0.6 is 11.6 Å². The van der Waals surface area contributed by atoms with E-state index in [4.69, 9.17) is 11.6 Å². The van der Waals surface area contributed by atoms with Crippen molar-refractivity contribution in [3.63, 3.8) is 0 Å². The molecule has 0 saturated heterocycles. The molecule has 1 unspecified atom stereocenters. The van der Waals surface area contributed by atoms with Crippen molar-refractivity contribution in [2.24, 2.45) is 0 Å². The van der Waals surface area contributed by atoms with Crippen LogP contribution in [0.4, 0.5) is 0 Å². The minimum atomic E-state index is -3.62. The quantitative estimate of drug-likeness (QED) is 0.697. The van der Waals surface area contributed by atoms with Gasteiger partial charge < -0.3 is 10.0 Å². The molecule has 7 heteroatoms. The normalized spacial score (nSPS) is 15.1. The van der Waals surface area contributed by atoms with Gasteiger partial charge in [0.15, 0.2) is 0 Å². The summed E-state index contributed by atoms with van der Waals surface area (Å²) >= 11 is 5.64. The molecule has 1 atom stereocenters. The summed E-state index contributed by atoms with van der Waals surface area (Å²) < 4.78 is 26.8. The maximum atomic E-state index is 12.2. The molecule has 0 spiro atoms. The Morgan fingerprint density at radius 2 is 1.86 bits per heavy atom. The Kier molecular flexibility index (Phi) is 6.62. The second-order valence-electron chi connectivity index (χ2n) is 5.64. The Bertz CT molecular complexity index is 542. The van der Waals surface area contributed by atoms with Crippen LogP contribution in [0, 0.1) is 0 Å². The first-order valence-corrected chi connectivity index (χ1v) is 8.70. The lowest BCUT2D eigenvalue weighted by atomic mass is 10.1. The molecule has 0 heterocycles. The van der Waals surface area contributed by atoms with Crippen LogP contribution in [0.25, 0.3) is 0 Å². The van der Waals surface area contributed by atoms with Crippen molar-refractivity contribution in [3.05, 3.63) is 29.8 Å². The van der Waals surface area contributed by atoms with Gasteiger partial charge in [-0.3, -0.25) is 0 Å². The number of likely N-dealkylation sites (N-methyl/N-ethyl adjacent to an activating group) is 1. The fraction of sp³-hybridized carbons (Fsp3) is 0.571. The minimum Gasteiger partial charge on any atom is -0.387 e. The van der Waals surface area contributed by atoms with Crippen molar-refractivity contribution >= 4 is 21.6 Å². The zero-order valence-corrected chi connectivity index (χ0v) is 14.2. The van der Waals surface area contributed by atoms with Gasteiger partial charge >= 0.3 is 0 Å². The maximum Gasteiger partial charge on any atom is 0.240 e. The van der Waals surface area contributed by atoms with E-state index >= 15 is 0 Å². The van der Waals surface area contributed by atoms with E-state index in [1.807, 2.05) is 14.1 Å². The first-order chi connectivity index (χ1) is 9.66. The van der Waals surface area contributed by atoms with Crippen molar-refractivity contribution in [3.8, 4) is 0 Å². The number of rotatable bonds is 8. The van der Waals surface area contributed by atoms with Gasteiger partial charge in [0.1, 0.15) is 0 Å². The SMILES string of the molecule is CN(C)CC(C)(O)CNS(=O)(=O)c1ccc(CCCl)cc1. The van der Waals surface area contributed by atoms with Crippen molar-refractivity contribution in [1.29, 1.82) is 0 Å². The van der Waals surface area contributed by atoms with Gasteiger partial charge in [0.25, 0.3) is 0 Å². The number of halogens is 1. The molecule has 0 aromatic heterocycles. The Balaban J connectivity index is 2.73. The monoisotopic (exact) mass is 334 g/mol. The van der Waals surface area contributed by atoms with Gasteiger partial charge in [0.05, 0.1) is 10.5 Å². The predicted molar refractivity (Wildman–Crippen MR) is 85.2 cm³/mol. The number of hydrogen-bond donors (Lipinski definition) is 2. The van der Waals surface area contributed by atoms with Gasteiger partial charge in [0.2, 0.25) is 10.0 Å². The van der Waals surface area contributed by atoms with Crippen LogP contribution in [-0.4, -0.2) is 57.1 Å². The molecule has 5 nitrogen and oxygen atoms in total. The van der Waals surface area contributed by atoms with Crippen molar-refractivity contribution in [1.82, 2.24) is 9.62 Å². The predicted octanol–water partition coefficient (Wildman–Crippen LogP) is 1.06. The van der Waals surface area contributed by atoms with Crippen molar-refractivity contribution < 1.29 is 13.5 Å². The fourth-order valence-electron chi connectivity index (χ4n) is 2.02. The number of hydrogen-bond acceptors (Lipinski definition) is 4. The molecule has 1 aromatic rings. The summed E-state index contributed by atoms with van der Waals surface area (Å²) in [5.74, 6) is 0.498. The molecule has 1 aromatic carbocycles. The molecule has 21 heavy (non-hydrogen) atoms. The number of sulfonamides is 1. The topological polar surface area (TPSA) is 69.6 Å². The second kappa shape index (κ2) is 7.56. The lowest BCUT2D eigenvalue weighted by Gasteiger charge is -2.27. The molecule has 1 rings (SSSR count). The molecule has 0 bridgehead atoms. The Morgan fingerprint density at radius 3 is 2.33 bits per heavy atom. The number of alkyl halides is 1. The average Bonchev–Trinajstić information content (AvgIpc) is 2.36. The zero-order chi connectivity index (χ0) is 16.1. The van der Waals surface area contributed by atoms with Gasteiger partial charge in [-0.05, 0) is 45.1 Å². The molecule has 0 aliphatic carbocycles. The van der Waals surface area contributed by atoms with Gasteiger partial charge in [-0.15, -0.1) is 11.6 Å². The highest BCUT2D eigenvalue weighted by atomic mass is 35.5. The zero-order valence-electron chi connectivity index (χ0n) is 12.6.